The Kier molecular flexibility index (Phi) is 10.6. The Morgan fingerprint density at radius 1 is 0.565 bits per heavy atom. The van der Waals surface area contributed by atoms with Crippen LogP contribution in [0.15, 0.2) is 103 Å². The van der Waals surface area contributed by atoms with Gasteiger partial charge in [0, 0.05) is 0 Å². The van der Waals surface area contributed by atoms with Gasteiger partial charge in [-0.15, -0.1) is 0 Å². The number of rotatable bonds is 8. The fraction of sp³-hybridized carbons (Fsp3) is 0.286. The van der Waals surface area contributed by atoms with Gasteiger partial charge in [0.15, 0.2) is 0 Å². The first-order valence-electron chi connectivity index (χ1n) is 16.2. The summed E-state index contributed by atoms with van der Waals surface area (Å²) in [5.74, 6) is 4.92. The van der Waals surface area contributed by atoms with Crippen LogP contribution in [0.4, 0.5) is 0 Å². The molecule has 0 aliphatic heterocycles. The van der Waals surface area contributed by atoms with Crippen molar-refractivity contribution >= 4 is 5.78 Å². The van der Waals surface area contributed by atoms with Crippen molar-refractivity contribution in [1.82, 2.24) is 9.13 Å². The van der Waals surface area contributed by atoms with Gasteiger partial charge in [0.05, 0.1) is 0 Å². The molecule has 0 N–H and O–H groups in total. The first kappa shape index (κ1) is 33.4. The predicted molar refractivity (Wildman–Crippen MR) is 188 cm³/mol. The summed E-state index contributed by atoms with van der Waals surface area (Å²) in [6, 6.07) is 30.7. The number of hydrogen-bond acceptors (Lipinski definition) is 1. The Morgan fingerprint density at radius 3 is 1.46 bits per heavy atom. The summed E-state index contributed by atoms with van der Waals surface area (Å²) in [7, 11) is 0. The minimum absolute atomic E-state index is 0.000442. The van der Waals surface area contributed by atoms with Crippen molar-refractivity contribution in [3.63, 3.8) is 0 Å². The van der Waals surface area contributed by atoms with Crippen molar-refractivity contribution in [2.24, 2.45) is 0 Å². The number of benzene rings is 4. The summed E-state index contributed by atoms with van der Waals surface area (Å²) in [6.45, 7) is 18.2. The van der Waals surface area contributed by atoms with Crippen molar-refractivity contribution < 1.29 is 24.1 Å². The minimum atomic E-state index is -0.667. The first-order chi connectivity index (χ1) is 22.1. The number of para-hydroxylation sites is 2. The molecule has 0 unspecified atom stereocenters. The van der Waals surface area contributed by atoms with Crippen molar-refractivity contribution in [3.8, 4) is 21.4 Å². The molecule has 0 aliphatic rings. The van der Waals surface area contributed by atoms with Gasteiger partial charge in [-0.2, -0.15) is 0 Å². The molecule has 4 aromatic carbocycles. The maximum atomic E-state index is 13.5. The fourth-order valence-corrected chi connectivity index (χ4v) is 7.96. The van der Waals surface area contributed by atoms with Crippen LogP contribution < -0.4 is 0 Å². The second kappa shape index (κ2) is 14.7. The van der Waals surface area contributed by atoms with Crippen molar-refractivity contribution in [2.45, 2.75) is 79.1 Å². The molecule has 1 aromatic heterocycles. The maximum absolute atomic E-state index is 13.5. The molecular formula is C42H45AuN2O. The molecule has 3 nitrogen and oxygen atoms in total. The normalized spacial score (nSPS) is 11.5. The molecule has 4 heteroatoms. The van der Waals surface area contributed by atoms with Crippen molar-refractivity contribution in [2.75, 3.05) is 0 Å². The van der Waals surface area contributed by atoms with Gasteiger partial charge >= 0.3 is 285 Å². The monoisotopic (exact) mass is 790 g/mol. The van der Waals surface area contributed by atoms with E-state index >= 15 is 0 Å². The van der Waals surface area contributed by atoms with Crippen LogP contribution in [0.1, 0.15) is 123 Å². The van der Waals surface area contributed by atoms with Crippen LogP contribution in [0.5, 0.6) is 0 Å². The molecule has 240 valence electrons. The van der Waals surface area contributed by atoms with Gasteiger partial charge in [0.2, 0.25) is 0 Å². The van der Waals surface area contributed by atoms with E-state index in [1.165, 1.54) is 37.3 Å². The molecule has 0 bridgehead atoms. The number of carbonyl (C=O) groups is 1. The Hall–Kier alpha value is -3.94. The Labute approximate surface area is 284 Å². The quantitative estimate of drug-likeness (QED) is 0.0874. The van der Waals surface area contributed by atoms with E-state index in [1.807, 2.05) is 54.6 Å². The van der Waals surface area contributed by atoms with Crippen LogP contribution in [-0.2, 0) is 19.3 Å². The third-order valence-corrected chi connectivity index (χ3v) is 10.4. The Balaban J connectivity index is 1.81. The average Bonchev–Trinajstić information content (AvgIpc) is 3.47. The topological polar surface area (TPSA) is 26.9 Å². The van der Waals surface area contributed by atoms with Gasteiger partial charge in [-0.3, -0.25) is 0 Å². The first-order valence-corrected chi connectivity index (χ1v) is 18.4. The average molecular weight is 791 g/mol. The third-order valence-electron chi connectivity index (χ3n) is 8.38. The second-order valence-electron chi connectivity index (χ2n) is 13.0. The van der Waals surface area contributed by atoms with E-state index in [-0.39, 0.29) is 5.78 Å². The summed E-state index contributed by atoms with van der Waals surface area (Å²) in [5.41, 5.74) is 9.98. The zero-order valence-electron chi connectivity index (χ0n) is 28.2. The van der Waals surface area contributed by atoms with E-state index in [1.54, 1.807) is 0 Å². The molecule has 0 fully saturated rings. The molecule has 0 radical (unpaired) electrons. The van der Waals surface area contributed by atoms with E-state index in [9.17, 15) is 4.79 Å². The fourth-order valence-electron chi connectivity index (χ4n) is 5.96. The summed E-state index contributed by atoms with van der Waals surface area (Å²) >= 11 is -0.667. The number of carbonyl (C=O) groups excluding carboxylic acids is 1. The number of nitrogens with zero attached hydrogens (tertiary/aromatic N) is 2. The Bertz CT molecular complexity index is 1840. The second-order valence-corrected chi connectivity index (χ2v) is 15.0. The molecule has 0 amide bonds. The summed E-state index contributed by atoms with van der Waals surface area (Å²) in [4.78, 5) is 13.5. The third kappa shape index (κ3) is 6.91. The van der Waals surface area contributed by atoms with Crippen molar-refractivity contribution in [3.05, 3.63) is 146 Å². The standard InChI is InChI=1S/C27H36N2.C15H9O.Au/c1-18(2)22-11-9-12-23(19(3)4)26(22)28-15-16-29(17-28)27-24(20(5)6)13-10-14-25(27)21(7)8;1-2-12-8-6-7-11-14(12)15(16)13-9-4-3-5-10-13;/h9-16,18-21H,1-8H3;3-11H;. The van der Waals surface area contributed by atoms with Gasteiger partial charge in [0.1, 0.15) is 0 Å². The van der Waals surface area contributed by atoms with Gasteiger partial charge in [0.25, 0.3) is 0 Å². The molecule has 5 rings (SSSR count). The zero-order valence-corrected chi connectivity index (χ0v) is 30.4. The molecule has 0 spiro atoms. The van der Waals surface area contributed by atoms with Crippen LogP contribution >= 0.6 is 0 Å². The number of hydrogen-bond donors (Lipinski definition) is 0. The molecule has 0 atom stereocenters. The molecule has 1 heterocycles. The van der Waals surface area contributed by atoms with E-state index in [2.05, 4.69) is 123 Å². The molecular weight excluding hydrogens is 745 g/mol. The van der Waals surface area contributed by atoms with E-state index in [4.69, 9.17) is 0 Å². The molecule has 5 aromatic rings. The summed E-state index contributed by atoms with van der Waals surface area (Å²) in [5, 5.41) is 0. The van der Waals surface area contributed by atoms with Gasteiger partial charge in [-0.1, -0.05) is 0 Å². The van der Waals surface area contributed by atoms with Gasteiger partial charge < -0.3 is 0 Å². The van der Waals surface area contributed by atoms with Crippen LogP contribution in [-0.4, -0.2) is 14.9 Å². The van der Waals surface area contributed by atoms with Crippen LogP contribution in [0.2, 0.25) is 0 Å². The molecule has 0 saturated heterocycles. The Morgan fingerprint density at radius 2 is 1.00 bits per heavy atom. The molecule has 0 aliphatic carbocycles. The molecule has 0 saturated carbocycles. The van der Waals surface area contributed by atoms with Gasteiger partial charge in [-0.25, -0.2) is 0 Å². The van der Waals surface area contributed by atoms with Crippen LogP contribution in [0, 0.1) is 13.7 Å². The summed E-state index contributed by atoms with van der Waals surface area (Å²) < 4.78 is 9.66. The number of imidazole rings is 1. The predicted octanol–water partition coefficient (Wildman–Crippen LogP) is 10.6. The number of ketones is 1. The van der Waals surface area contributed by atoms with Crippen LogP contribution in [0.25, 0.3) is 11.4 Å². The number of aromatic nitrogens is 2. The van der Waals surface area contributed by atoms with E-state index < -0.39 is 19.3 Å². The SMILES string of the molecule is CC(C)c1cccc(C(C)C)c1-n1ccn(-c2c(C(C)C)cccc2C(C)C)[c]1=[Au][C]#Cc1ccccc1C(=O)c1ccccc1. The zero-order chi connectivity index (χ0) is 33.0. The van der Waals surface area contributed by atoms with E-state index in [0.29, 0.717) is 34.8 Å². The van der Waals surface area contributed by atoms with Gasteiger partial charge in [-0.05, 0) is 0 Å². The molecule has 46 heavy (non-hydrogen) atoms. The van der Waals surface area contributed by atoms with Crippen LogP contribution in [0.3, 0.4) is 0 Å². The van der Waals surface area contributed by atoms with E-state index in [0.717, 1.165) is 5.56 Å². The summed E-state index contributed by atoms with van der Waals surface area (Å²) in [6.07, 6.45) is 4.49. The van der Waals surface area contributed by atoms with Crippen molar-refractivity contribution in [1.29, 1.82) is 0 Å².